The lowest BCUT2D eigenvalue weighted by Gasteiger charge is -2.28. The summed E-state index contributed by atoms with van der Waals surface area (Å²) in [5.74, 6) is -2.09. The third kappa shape index (κ3) is 1.79. The van der Waals surface area contributed by atoms with Crippen LogP contribution in [0.1, 0.15) is 19.4 Å². The number of aliphatic hydroxyl groups is 4. The minimum atomic E-state index is -4.22. The molecule has 1 aliphatic carbocycles. The molecule has 1 saturated carbocycles. The quantitative estimate of drug-likeness (QED) is 0.572. The van der Waals surface area contributed by atoms with Crippen LogP contribution in [0.15, 0.2) is 29.2 Å². The molecule has 23 heavy (non-hydrogen) atoms. The molecular weight excluding hydrogens is 324 g/mol. The first kappa shape index (κ1) is 16.8. The summed E-state index contributed by atoms with van der Waals surface area (Å²) in [6.45, 7) is 4.75. The molecule has 1 aromatic rings. The van der Waals surface area contributed by atoms with Crippen LogP contribution in [0.4, 0.5) is 0 Å². The van der Waals surface area contributed by atoms with Crippen molar-refractivity contribution < 1.29 is 33.6 Å². The maximum atomic E-state index is 12.5. The highest BCUT2D eigenvalue weighted by molar-refractivity contribution is 7.92. The van der Waals surface area contributed by atoms with E-state index in [9.17, 15) is 28.8 Å². The molecule has 0 bridgehead atoms. The molecule has 128 valence electrons. The summed E-state index contributed by atoms with van der Waals surface area (Å²) in [5, 5.41) is 41.1. The lowest BCUT2D eigenvalue weighted by Crippen LogP contribution is -2.48. The summed E-state index contributed by atoms with van der Waals surface area (Å²) >= 11 is 0. The molecule has 2 aliphatic rings. The van der Waals surface area contributed by atoms with Gasteiger partial charge in [0.1, 0.15) is 12.2 Å². The number of sulfone groups is 1. The summed E-state index contributed by atoms with van der Waals surface area (Å²) in [6.07, 6.45) is -3.39. The van der Waals surface area contributed by atoms with Gasteiger partial charge >= 0.3 is 0 Å². The van der Waals surface area contributed by atoms with Gasteiger partial charge in [0, 0.05) is 0 Å². The van der Waals surface area contributed by atoms with Crippen LogP contribution < -0.4 is 0 Å². The van der Waals surface area contributed by atoms with Gasteiger partial charge in [0.15, 0.2) is 11.0 Å². The molecule has 0 amide bonds. The van der Waals surface area contributed by atoms with E-state index in [2.05, 4.69) is 0 Å². The molecule has 7 nitrogen and oxygen atoms in total. The third-order valence-electron chi connectivity index (χ3n) is 5.25. The minimum Gasteiger partial charge on any atom is -0.387 e. The van der Waals surface area contributed by atoms with E-state index in [0.717, 1.165) is 5.56 Å². The highest BCUT2D eigenvalue weighted by atomic mass is 32.2. The first-order valence-corrected chi connectivity index (χ1v) is 8.75. The molecule has 3 rings (SSSR count). The Balaban J connectivity index is 1.91. The Morgan fingerprint density at radius 3 is 2.13 bits per heavy atom. The summed E-state index contributed by atoms with van der Waals surface area (Å²) in [5.41, 5.74) is -4.45. The van der Waals surface area contributed by atoms with Crippen molar-refractivity contribution in [1.82, 2.24) is 0 Å². The van der Waals surface area contributed by atoms with Crippen molar-refractivity contribution in [3.05, 3.63) is 29.8 Å². The van der Waals surface area contributed by atoms with E-state index in [1.165, 1.54) is 26.0 Å². The van der Waals surface area contributed by atoms with E-state index < -0.39 is 44.3 Å². The van der Waals surface area contributed by atoms with Gasteiger partial charge in [-0.15, -0.1) is 0 Å². The molecule has 1 unspecified atom stereocenters. The molecule has 0 spiro atoms. The number of aliphatic hydroxyl groups excluding tert-OH is 2. The highest BCUT2D eigenvalue weighted by Crippen LogP contribution is 2.71. The number of hydrogen-bond acceptors (Lipinski definition) is 7. The fourth-order valence-corrected chi connectivity index (χ4v) is 4.74. The predicted octanol–water partition coefficient (Wildman–Crippen LogP) is -0.694. The van der Waals surface area contributed by atoms with Crippen LogP contribution in [-0.2, 0) is 14.6 Å². The molecular formula is C15H20O7S. The number of fused-ring (bicyclic) bond motifs is 1. The van der Waals surface area contributed by atoms with Gasteiger partial charge in [0.25, 0.3) is 0 Å². The van der Waals surface area contributed by atoms with Gasteiger partial charge in [0.05, 0.1) is 10.3 Å². The Morgan fingerprint density at radius 1 is 1.17 bits per heavy atom. The zero-order valence-corrected chi connectivity index (χ0v) is 13.8. The average molecular weight is 344 g/mol. The normalized spacial score (nSPS) is 39.8. The van der Waals surface area contributed by atoms with E-state index in [4.69, 9.17) is 4.74 Å². The SMILES string of the molecule is Cc1ccc(S(=O)(=O)C(O)[C@H]2O[C@]3(O)C(C)(C)[C@]3(O)[C@@H]2O)cc1. The van der Waals surface area contributed by atoms with Crippen LogP contribution in [-0.4, -0.2) is 57.9 Å². The van der Waals surface area contributed by atoms with Crippen molar-refractivity contribution in [2.45, 2.75) is 54.7 Å². The smallest absolute Gasteiger partial charge is 0.207 e. The van der Waals surface area contributed by atoms with Gasteiger partial charge in [-0.3, -0.25) is 0 Å². The Bertz CT molecular complexity index is 742. The molecule has 8 heteroatoms. The Hall–Kier alpha value is -1.03. The van der Waals surface area contributed by atoms with Crippen LogP contribution in [0.3, 0.4) is 0 Å². The highest BCUT2D eigenvalue weighted by Gasteiger charge is 2.92. The van der Waals surface area contributed by atoms with Gasteiger partial charge in [-0.25, -0.2) is 8.42 Å². The lowest BCUT2D eigenvalue weighted by molar-refractivity contribution is -0.184. The molecule has 1 saturated heterocycles. The van der Waals surface area contributed by atoms with Gasteiger partial charge in [-0.1, -0.05) is 31.5 Å². The van der Waals surface area contributed by atoms with E-state index in [1.54, 1.807) is 19.1 Å². The summed E-state index contributed by atoms with van der Waals surface area (Å²) in [7, 11) is -4.22. The maximum absolute atomic E-state index is 12.5. The molecule has 1 aliphatic heterocycles. The molecule has 2 fully saturated rings. The van der Waals surface area contributed by atoms with Crippen molar-refractivity contribution in [2.24, 2.45) is 5.41 Å². The Kier molecular flexibility index (Phi) is 3.31. The van der Waals surface area contributed by atoms with E-state index in [0.29, 0.717) is 0 Å². The fraction of sp³-hybridized carbons (Fsp3) is 0.600. The van der Waals surface area contributed by atoms with E-state index in [1.807, 2.05) is 0 Å². The molecule has 0 radical (unpaired) electrons. The lowest BCUT2D eigenvalue weighted by atomic mass is 9.98. The first-order chi connectivity index (χ1) is 10.4. The van der Waals surface area contributed by atoms with Crippen molar-refractivity contribution >= 4 is 9.84 Å². The zero-order valence-electron chi connectivity index (χ0n) is 13.0. The van der Waals surface area contributed by atoms with E-state index in [-0.39, 0.29) is 4.90 Å². The van der Waals surface area contributed by atoms with Crippen LogP contribution in [0.25, 0.3) is 0 Å². The van der Waals surface area contributed by atoms with Crippen molar-refractivity contribution in [3.63, 3.8) is 0 Å². The minimum absolute atomic E-state index is 0.134. The number of benzene rings is 1. The number of hydrogen-bond donors (Lipinski definition) is 4. The monoisotopic (exact) mass is 344 g/mol. The molecule has 1 heterocycles. The Morgan fingerprint density at radius 2 is 1.70 bits per heavy atom. The van der Waals surface area contributed by atoms with Crippen molar-refractivity contribution in [1.29, 1.82) is 0 Å². The molecule has 4 N–H and O–H groups in total. The average Bonchev–Trinajstić information content (AvgIpc) is 2.70. The van der Waals surface area contributed by atoms with Crippen LogP contribution in [0.2, 0.25) is 0 Å². The summed E-state index contributed by atoms with van der Waals surface area (Å²) in [4.78, 5) is -0.134. The molecule has 1 aromatic carbocycles. The van der Waals surface area contributed by atoms with Gasteiger partial charge in [0.2, 0.25) is 15.6 Å². The predicted molar refractivity (Wildman–Crippen MR) is 78.9 cm³/mol. The number of aryl methyl sites for hydroxylation is 1. The van der Waals surface area contributed by atoms with Gasteiger partial charge < -0.3 is 25.2 Å². The summed E-state index contributed by atoms with van der Waals surface area (Å²) < 4.78 is 30.1. The second-order valence-corrected chi connectivity index (χ2v) is 8.86. The van der Waals surface area contributed by atoms with E-state index >= 15 is 0 Å². The number of rotatable bonds is 3. The molecule has 0 aromatic heterocycles. The second kappa shape index (κ2) is 4.53. The molecule has 5 atom stereocenters. The van der Waals surface area contributed by atoms with Gasteiger partial charge in [-0.05, 0) is 19.1 Å². The fourth-order valence-electron chi connectivity index (χ4n) is 3.39. The van der Waals surface area contributed by atoms with Crippen molar-refractivity contribution in [3.8, 4) is 0 Å². The zero-order chi connectivity index (χ0) is 17.4. The third-order valence-corrected chi connectivity index (χ3v) is 7.08. The largest absolute Gasteiger partial charge is 0.387 e. The topological polar surface area (TPSA) is 124 Å². The second-order valence-electron chi connectivity index (χ2n) is 6.81. The van der Waals surface area contributed by atoms with Crippen molar-refractivity contribution in [2.75, 3.05) is 0 Å². The van der Waals surface area contributed by atoms with Crippen LogP contribution in [0, 0.1) is 12.3 Å². The first-order valence-electron chi connectivity index (χ1n) is 7.20. The van der Waals surface area contributed by atoms with Crippen LogP contribution in [0.5, 0.6) is 0 Å². The van der Waals surface area contributed by atoms with Gasteiger partial charge in [-0.2, -0.15) is 0 Å². The maximum Gasteiger partial charge on any atom is 0.207 e. The Labute approximate surface area is 134 Å². The summed E-state index contributed by atoms with van der Waals surface area (Å²) in [6, 6.07) is 5.83. The number of ether oxygens (including phenoxy) is 1. The standard InChI is InChI=1S/C15H20O7S/c1-8-4-6-9(7-5-8)23(20,21)12(17)10-11(16)14(18)13(2,3)15(14,19)22-10/h4-7,10-12,16-19H,1-3H3/t10-,11+,12?,14+,15+/m0/s1. The van der Waals surface area contributed by atoms with Crippen LogP contribution >= 0.6 is 0 Å².